The van der Waals surface area contributed by atoms with Gasteiger partial charge in [-0.2, -0.15) is 0 Å². The van der Waals surface area contributed by atoms with Crippen LogP contribution in [0.25, 0.3) is 0 Å². The van der Waals surface area contributed by atoms with E-state index in [1.54, 1.807) is 11.4 Å². The van der Waals surface area contributed by atoms with Crippen molar-refractivity contribution in [3.05, 3.63) is 16.3 Å². The summed E-state index contributed by atoms with van der Waals surface area (Å²) in [6.45, 7) is 3.85. The Hall–Kier alpha value is -2.09. The monoisotopic (exact) mass is 313 g/mol. The zero-order chi connectivity index (χ0) is 16.0. The fourth-order valence-corrected chi connectivity index (χ4v) is 2.52. The lowest BCUT2D eigenvalue weighted by Crippen LogP contribution is -2.46. The van der Waals surface area contributed by atoms with Gasteiger partial charge in [-0.25, -0.2) is 9.59 Å². The molecule has 116 valence electrons. The molecule has 0 aliphatic rings. The van der Waals surface area contributed by atoms with E-state index in [0.29, 0.717) is 17.0 Å². The highest BCUT2D eigenvalue weighted by Crippen LogP contribution is 2.23. The predicted molar refractivity (Wildman–Crippen MR) is 80.3 cm³/mol. The summed E-state index contributed by atoms with van der Waals surface area (Å²) in [6.07, 6.45) is 0.437. The lowest BCUT2D eigenvalue weighted by Gasteiger charge is -2.19. The molecule has 0 aliphatic heterocycles. The average molecular weight is 313 g/mol. The molecule has 0 fully saturated rings. The van der Waals surface area contributed by atoms with E-state index in [1.807, 2.05) is 13.8 Å². The standard InChI is InChI=1S/C13H19N3O4S/c1-7(2)6-9(16-13(14)19)11(17)15-8-4-5-21-10(8)12(18)20-3/h4-5,7,9H,6H2,1-3H3,(H,15,17)(H3,14,16,19). The second kappa shape index (κ2) is 7.63. The molecule has 0 radical (unpaired) electrons. The number of nitrogens with one attached hydrogen (secondary N) is 2. The average Bonchev–Trinajstić information content (AvgIpc) is 2.84. The van der Waals surface area contributed by atoms with Gasteiger partial charge in [0, 0.05) is 0 Å². The SMILES string of the molecule is COC(=O)c1sccc1NC(=O)C(CC(C)C)NC(N)=O. The third-order valence-corrected chi connectivity index (χ3v) is 3.53. The van der Waals surface area contributed by atoms with Crippen molar-refractivity contribution in [3.8, 4) is 0 Å². The summed E-state index contributed by atoms with van der Waals surface area (Å²) in [5, 5.41) is 6.68. The molecule has 1 unspecified atom stereocenters. The lowest BCUT2D eigenvalue weighted by molar-refractivity contribution is -0.118. The molecule has 0 spiro atoms. The number of ether oxygens (including phenoxy) is 1. The second-order valence-electron chi connectivity index (χ2n) is 4.83. The van der Waals surface area contributed by atoms with E-state index in [4.69, 9.17) is 5.73 Å². The van der Waals surface area contributed by atoms with Crippen molar-refractivity contribution in [2.24, 2.45) is 11.7 Å². The first-order valence-electron chi connectivity index (χ1n) is 6.37. The van der Waals surface area contributed by atoms with Crippen LogP contribution in [0, 0.1) is 5.92 Å². The molecule has 3 amide bonds. The minimum absolute atomic E-state index is 0.190. The maximum Gasteiger partial charge on any atom is 0.350 e. The molecule has 1 aromatic heterocycles. The summed E-state index contributed by atoms with van der Waals surface area (Å²) < 4.78 is 4.64. The van der Waals surface area contributed by atoms with Gasteiger partial charge in [0.2, 0.25) is 5.91 Å². The maximum absolute atomic E-state index is 12.2. The van der Waals surface area contributed by atoms with Crippen LogP contribution < -0.4 is 16.4 Å². The molecule has 0 bridgehead atoms. The summed E-state index contributed by atoms with van der Waals surface area (Å²) in [4.78, 5) is 35.0. The van der Waals surface area contributed by atoms with Crippen LogP contribution in [0.1, 0.15) is 29.9 Å². The molecule has 0 aliphatic carbocycles. The van der Waals surface area contributed by atoms with Crippen LogP contribution in [-0.4, -0.2) is 31.1 Å². The molecule has 1 aromatic rings. The molecule has 8 heteroatoms. The number of amides is 3. The summed E-state index contributed by atoms with van der Waals surface area (Å²) in [5.41, 5.74) is 5.44. The van der Waals surface area contributed by atoms with E-state index < -0.39 is 23.9 Å². The number of urea groups is 1. The van der Waals surface area contributed by atoms with E-state index in [0.717, 1.165) is 11.3 Å². The van der Waals surface area contributed by atoms with Gasteiger partial charge in [-0.1, -0.05) is 13.8 Å². The van der Waals surface area contributed by atoms with Crippen LogP contribution in [-0.2, 0) is 9.53 Å². The first kappa shape index (κ1) is 17.0. The number of esters is 1. The number of methoxy groups -OCH3 is 1. The summed E-state index contributed by atoms with van der Waals surface area (Å²) in [6, 6.07) is 0.0770. The van der Waals surface area contributed by atoms with Gasteiger partial charge in [-0.15, -0.1) is 11.3 Å². The molecule has 1 atom stereocenters. The first-order chi connectivity index (χ1) is 9.85. The van der Waals surface area contributed by atoms with Gasteiger partial charge >= 0.3 is 12.0 Å². The van der Waals surface area contributed by atoms with Crippen LogP contribution in [0.3, 0.4) is 0 Å². The largest absolute Gasteiger partial charge is 0.465 e. The van der Waals surface area contributed by atoms with Crippen molar-refractivity contribution in [2.45, 2.75) is 26.3 Å². The first-order valence-corrected chi connectivity index (χ1v) is 7.25. The van der Waals surface area contributed by atoms with E-state index in [9.17, 15) is 14.4 Å². The Morgan fingerprint density at radius 2 is 2.05 bits per heavy atom. The van der Waals surface area contributed by atoms with Gasteiger partial charge in [0.25, 0.3) is 0 Å². The van der Waals surface area contributed by atoms with Gasteiger partial charge in [-0.3, -0.25) is 4.79 Å². The molecule has 1 heterocycles. The quantitative estimate of drug-likeness (QED) is 0.692. The van der Waals surface area contributed by atoms with E-state index >= 15 is 0 Å². The Bertz CT molecular complexity index is 527. The molecule has 21 heavy (non-hydrogen) atoms. The number of anilines is 1. The normalized spacial score (nSPS) is 11.8. The fraction of sp³-hybridized carbons (Fsp3) is 0.462. The highest BCUT2D eigenvalue weighted by atomic mass is 32.1. The third-order valence-electron chi connectivity index (χ3n) is 2.63. The van der Waals surface area contributed by atoms with E-state index in [1.165, 1.54) is 7.11 Å². The Labute approximate surface area is 126 Å². The molecule has 7 nitrogen and oxygen atoms in total. The van der Waals surface area contributed by atoms with Gasteiger partial charge in [0.05, 0.1) is 12.8 Å². The molecule has 0 aromatic carbocycles. The fourth-order valence-electron chi connectivity index (χ4n) is 1.75. The minimum atomic E-state index is -0.769. The lowest BCUT2D eigenvalue weighted by atomic mass is 10.0. The van der Waals surface area contributed by atoms with Crippen molar-refractivity contribution < 1.29 is 19.1 Å². The molecular formula is C13H19N3O4S. The Kier molecular flexibility index (Phi) is 6.16. The van der Waals surface area contributed by atoms with Gasteiger partial charge < -0.3 is 21.1 Å². The number of hydrogen-bond donors (Lipinski definition) is 3. The topological polar surface area (TPSA) is 111 Å². The molecule has 0 saturated heterocycles. The highest BCUT2D eigenvalue weighted by Gasteiger charge is 2.23. The summed E-state index contributed by atoms with van der Waals surface area (Å²) in [5.74, 6) is -0.759. The van der Waals surface area contributed by atoms with E-state index in [-0.39, 0.29) is 5.92 Å². The molecular weight excluding hydrogens is 294 g/mol. The van der Waals surface area contributed by atoms with Crippen LogP contribution in [0.4, 0.5) is 10.5 Å². The van der Waals surface area contributed by atoms with Crippen LogP contribution >= 0.6 is 11.3 Å². The molecule has 4 N–H and O–H groups in total. The number of thiophene rings is 1. The minimum Gasteiger partial charge on any atom is -0.465 e. The van der Waals surface area contributed by atoms with Crippen molar-refractivity contribution in [1.29, 1.82) is 0 Å². The number of primary amides is 1. The smallest absolute Gasteiger partial charge is 0.350 e. The van der Waals surface area contributed by atoms with Gasteiger partial charge in [0.1, 0.15) is 10.9 Å². The van der Waals surface area contributed by atoms with Crippen molar-refractivity contribution in [1.82, 2.24) is 5.32 Å². The number of carbonyl (C=O) groups excluding carboxylic acids is 3. The molecule has 1 rings (SSSR count). The zero-order valence-electron chi connectivity index (χ0n) is 12.1. The number of rotatable bonds is 6. The Balaban J connectivity index is 2.84. The summed E-state index contributed by atoms with van der Waals surface area (Å²) in [7, 11) is 1.27. The Morgan fingerprint density at radius 3 is 2.57 bits per heavy atom. The number of carbonyl (C=O) groups is 3. The number of hydrogen-bond acceptors (Lipinski definition) is 5. The predicted octanol–water partition coefficient (Wildman–Crippen LogP) is 1.56. The van der Waals surface area contributed by atoms with Crippen LogP contribution in [0.15, 0.2) is 11.4 Å². The third kappa shape index (κ3) is 5.07. The van der Waals surface area contributed by atoms with Crippen LogP contribution in [0.5, 0.6) is 0 Å². The zero-order valence-corrected chi connectivity index (χ0v) is 13.0. The highest BCUT2D eigenvalue weighted by molar-refractivity contribution is 7.12. The van der Waals surface area contributed by atoms with Crippen LogP contribution in [0.2, 0.25) is 0 Å². The van der Waals surface area contributed by atoms with Gasteiger partial charge in [-0.05, 0) is 23.8 Å². The number of nitrogens with two attached hydrogens (primary N) is 1. The van der Waals surface area contributed by atoms with Crippen molar-refractivity contribution in [2.75, 3.05) is 12.4 Å². The second-order valence-corrected chi connectivity index (χ2v) is 5.75. The van der Waals surface area contributed by atoms with Crippen molar-refractivity contribution >= 4 is 34.9 Å². The Morgan fingerprint density at radius 1 is 1.38 bits per heavy atom. The molecule has 0 saturated carbocycles. The summed E-state index contributed by atoms with van der Waals surface area (Å²) >= 11 is 1.16. The van der Waals surface area contributed by atoms with E-state index in [2.05, 4.69) is 15.4 Å². The van der Waals surface area contributed by atoms with Crippen molar-refractivity contribution in [3.63, 3.8) is 0 Å². The maximum atomic E-state index is 12.2. The van der Waals surface area contributed by atoms with Gasteiger partial charge in [0.15, 0.2) is 0 Å².